The van der Waals surface area contributed by atoms with Crippen LogP contribution in [0.15, 0.2) is 55.0 Å². The SMILES string of the molecule is C#Cc1cc(C(=O)Nc2cnc(-n3nccn3)c(Cl)c2)c(C)cc1-c1ccc(F)cc1N. The van der Waals surface area contributed by atoms with Crippen molar-refractivity contribution in [2.24, 2.45) is 0 Å². The molecule has 2 aromatic carbocycles. The molecule has 1 amide bonds. The topological polar surface area (TPSA) is 98.7 Å². The number of nitrogens with zero attached hydrogens (tertiary/aromatic N) is 4. The summed E-state index contributed by atoms with van der Waals surface area (Å²) >= 11 is 6.26. The summed E-state index contributed by atoms with van der Waals surface area (Å²) < 4.78 is 13.4. The van der Waals surface area contributed by atoms with Crippen molar-refractivity contribution in [2.75, 3.05) is 11.1 Å². The fraction of sp³-hybridized carbons (Fsp3) is 0.0435. The summed E-state index contributed by atoms with van der Waals surface area (Å²) in [5, 5.41) is 11.0. The molecule has 0 aliphatic rings. The summed E-state index contributed by atoms with van der Waals surface area (Å²) in [5.74, 6) is 2.08. The second-order valence-corrected chi connectivity index (χ2v) is 7.30. The van der Waals surface area contributed by atoms with Gasteiger partial charge in [0.25, 0.3) is 5.91 Å². The Bertz CT molecular complexity index is 1380. The molecule has 0 unspecified atom stereocenters. The van der Waals surface area contributed by atoms with Crippen LogP contribution in [-0.2, 0) is 0 Å². The molecule has 0 aliphatic carbocycles. The number of aromatic nitrogens is 4. The Hall–Kier alpha value is -4.22. The van der Waals surface area contributed by atoms with E-state index in [1.54, 1.807) is 31.2 Å². The summed E-state index contributed by atoms with van der Waals surface area (Å²) in [6, 6.07) is 9.00. The molecular formula is C23H16ClFN6O. The Morgan fingerprint density at radius 2 is 1.94 bits per heavy atom. The average Bonchev–Trinajstić information content (AvgIpc) is 3.28. The van der Waals surface area contributed by atoms with Gasteiger partial charge < -0.3 is 11.1 Å². The van der Waals surface area contributed by atoms with Gasteiger partial charge in [0, 0.05) is 22.4 Å². The highest BCUT2D eigenvalue weighted by molar-refractivity contribution is 6.32. The summed E-state index contributed by atoms with van der Waals surface area (Å²) in [6.07, 6.45) is 10.1. The Morgan fingerprint density at radius 1 is 1.19 bits per heavy atom. The third kappa shape index (κ3) is 4.02. The number of hydrogen-bond donors (Lipinski definition) is 2. The van der Waals surface area contributed by atoms with Crippen LogP contribution in [0.4, 0.5) is 15.8 Å². The number of rotatable bonds is 4. The number of carbonyl (C=O) groups excluding carboxylic acids is 1. The molecule has 0 atom stereocenters. The quantitative estimate of drug-likeness (QED) is 0.361. The minimum absolute atomic E-state index is 0.255. The second kappa shape index (κ2) is 8.49. The standard InChI is InChI=1S/C23H16ClFN6O/c1-3-14-9-18(13(2)8-19(14)17-5-4-15(25)10-21(17)26)23(32)30-16-11-20(24)22(27-12-16)31-28-6-7-29-31/h1,4-12H,26H2,2H3,(H,30,32). The maximum atomic E-state index is 13.4. The molecular weight excluding hydrogens is 431 g/mol. The molecule has 0 saturated carbocycles. The average molecular weight is 447 g/mol. The first-order chi connectivity index (χ1) is 15.4. The van der Waals surface area contributed by atoms with E-state index in [4.69, 9.17) is 23.8 Å². The molecule has 4 aromatic rings. The zero-order valence-corrected chi connectivity index (χ0v) is 17.6. The highest BCUT2D eigenvalue weighted by atomic mass is 35.5. The van der Waals surface area contributed by atoms with Crippen LogP contribution in [0.1, 0.15) is 21.5 Å². The van der Waals surface area contributed by atoms with Crippen LogP contribution < -0.4 is 11.1 Å². The van der Waals surface area contributed by atoms with Crippen molar-refractivity contribution in [1.29, 1.82) is 0 Å². The van der Waals surface area contributed by atoms with Gasteiger partial charge in [-0.3, -0.25) is 4.79 Å². The third-order valence-corrected chi connectivity index (χ3v) is 5.03. The maximum absolute atomic E-state index is 13.4. The van der Waals surface area contributed by atoms with E-state index in [9.17, 15) is 9.18 Å². The van der Waals surface area contributed by atoms with Gasteiger partial charge in [-0.25, -0.2) is 9.37 Å². The molecule has 158 valence electrons. The first kappa shape index (κ1) is 21.0. The van der Waals surface area contributed by atoms with Crippen LogP contribution >= 0.6 is 11.6 Å². The summed E-state index contributed by atoms with van der Waals surface area (Å²) in [6.45, 7) is 1.77. The van der Waals surface area contributed by atoms with E-state index in [0.717, 1.165) is 0 Å². The minimum Gasteiger partial charge on any atom is -0.398 e. The molecule has 7 nitrogen and oxygen atoms in total. The molecule has 0 fully saturated rings. The lowest BCUT2D eigenvalue weighted by Gasteiger charge is -2.14. The number of nitrogens with two attached hydrogens (primary N) is 1. The molecule has 0 bridgehead atoms. The number of carbonyl (C=O) groups is 1. The van der Waals surface area contributed by atoms with Gasteiger partial charge >= 0.3 is 0 Å². The molecule has 0 spiro atoms. The molecule has 9 heteroatoms. The van der Waals surface area contributed by atoms with E-state index in [1.165, 1.54) is 35.5 Å². The highest BCUT2D eigenvalue weighted by Crippen LogP contribution is 2.32. The summed E-state index contributed by atoms with van der Waals surface area (Å²) in [5.41, 5.74) is 9.34. The van der Waals surface area contributed by atoms with Crippen molar-refractivity contribution < 1.29 is 9.18 Å². The molecule has 2 aromatic heterocycles. The Labute approximate surface area is 188 Å². The van der Waals surface area contributed by atoms with Crippen molar-refractivity contribution in [3.05, 3.63) is 82.5 Å². The Balaban J connectivity index is 1.65. The van der Waals surface area contributed by atoms with Crippen molar-refractivity contribution in [2.45, 2.75) is 6.92 Å². The van der Waals surface area contributed by atoms with Gasteiger partial charge in [0.1, 0.15) is 5.82 Å². The summed E-state index contributed by atoms with van der Waals surface area (Å²) in [4.78, 5) is 18.4. The van der Waals surface area contributed by atoms with Crippen LogP contribution in [0.25, 0.3) is 16.9 Å². The number of amides is 1. The first-order valence-corrected chi connectivity index (χ1v) is 9.75. The highest BCUT2D eigenvalue weighted by Gasteiger charge is 2.17. The lowest BCUT2D eigenvalue weighted by atomic mass is 9.93. The van der Waals surface area contributed by atoms with E-state index in [2.05, 4.69) is 26.4 Å². The predicted octanol–water partition coefficient (Wildman–Crippen LogP) is 4.25. The summed E-state index contributed by atoms with van der Waals surface area (Å²) in [7, 11) is 0. The van der Waals surface area contributed by atoms with E-state index < -0.39 is 5.82 Å². The minimum atomic E-state index is -0.442. The van der Waals surface area contributed by atoms with Gasteiger partial charge in [-0.1, -0.05) is 17.5 Å². The number of aryl methyl sites for hydroxylation is 1. The molecule has 4 rings (SSSR count). The number of nitrogen functional groups attached to an aromatic ring is 1. The number of benzene rings is 2. The zero-order chi connectivity index (χ0) is 22.8. The van der Waals surface area contributed by atoms with Crippen molar-refractivity contribution >= 4 is 28.9 Å². The van der Waals surface area contributed by atoms with Crippen molar-refractivity contribution in [3.63, 3.8) is 0 Å². The zero-order valence-electron chi connectivity index (χ0n) is 16.8. The van der Waals surface area contributed by atoms with E-state index in [0.29, 0.717) is 39.3 Å². The predicted molar refractivity (Wildman–Crippen MR) is 121 cm³/mol. The van der Waals surface area contributed by atoms with E-state index >= 15 is 0 Å². The van der Waals surface area contributed by atoms with Crippen LogP contribution in [0.3, 0.4) is 0 Å². The molecule has 3 N–H and O–H groups in total. The third-order valence-electron chi connectivity index (χ3n) is 4.76. The molecule has 0 radical (unpaired) electrons. The van der Waals surface area contributed by atoms with Gasteiger partial charge in [0.2, 0.25) is 0 Å². The number of anilines is 2. The number of terminal acetylenes is 1. The van der Waals surface area contributed by atoms with Crippen LogP contribution in [0.2, 0.25) is 5.02 Å². The van der Waals surface area contributed by atoms with Gasteiger partial charge in [0.15, 0.2) is 5.82 Å². The van der Waals surface area contributed by atoms with Crippen molar-refractivity contribution in [1.82, 2.24) is 20.0 Å². The van der Waals surface area contributed by atoms with Crippen molar-refractivity contribution in [3.8, 4) is 29.3 Å². The number of halogens is 2. The number of nitrogens with one attached hydrogen (secondary N) is 1. The van der Waals surface area contributed by atoms with Crippen LogP contribution in [-0.4, -0.2) is 25.9 Å². The van der Waals surface area contributed by atoms with E-state index in [1.807, 2.05) is 0 Å². The van der Waals surface area contributed by atoms with Gasteiger partial charge in [0.05, 0.1) is 29.3 Å². The van der Waals surface area contributed by atoms with Gasteiger partial charge in [-0.05, 0) is 54.4 Å². The smallest absolute Gasteiger partial charge is 0.256 e. The van der Waals surface area contributed by atoms with Gasteiger partial charge in [-0.15, -0.1) is 11.2 Å². The maximum Gasteiger partial charge on any atom is 0.256 e. The second-order valence-electron chi connectivity index (χ2n) is 6.89. The lowest BCUT2D eigenvalue weighted by Crippen LogP contribution is -2.15. The largest absolute Gasteiger partial charge is 0.398 e. The Morgan fingerprint density at radius 3 is 2.59 bits per heavy atom. The fourth-order valence-corrected chi connectivity index (χ4v) is 3.49. The Kier molecular flexibility index (Phi) is 5.58. The molecule has 0 saturated heterocycles. The number of pyridine rings is 1. The molecule has 2 heterocycles. The van der Waals surface area contributed by atoms with E-state index in [-0.39, 0.29) is 16.6 Å². The first-order valence-electron chi connectivity index (χ1n) is 9.37. The normalized spacial score (nSPS) is 10.6. The molecule has 32 heavy (non-hydrogen) atoms. The monoisotopic (exact) mass is 446 g/mol. The molecule has 0 aliphatic heterocycles. The van der Waals surface area contributed by atoms with Gasteiger partial charge in [-0.2, -0.15) is 10.2 Å². The fourth-order valence-electron chi connectivity index (χ4n) is 3.24. The van der Waals surface area contributed by atoms with Crippen LogP contribution in [0, 0.1) is 25.1 Å². The lowest BCUT2D eigenvalue weighted by molar-refractivity contribution is 0.102. The number of hydrogen-bond acceptors (Lipinski definition) is 5. The van der Waals surface area contributed by atoms with Crippen LogP contribution in [0.5, 0.6) is 0 Å².